The van der Waals surface area contributed by atoms with Gasteiger partial charge in [-0.3, -0.25) is 0 Å². The lowest BCUT2D eigenvalue weighted by Gasteiger charge is -2.07. The zero-order valence-electron chi connectivity index (χ0n) is 8.86. The average Bonchev–Trinajstić information content (AvgIpc) is 2.79. The summed E-state index contributed by atoms with van der Waals surface area (Å²) in [6, 6.07) is 7.78. The van der Waals surface area contributed by atoms with E-state index in [1.54, 1.807) is 0 Å². The summed E-state index contributed by atoms with van der Waals surface area (Å²) in [6.07, 6.45) is 0. The first-order chi connectivity index (χ1) is 8.41. The highest BCUT2D eigenvalue weighted by molar-refractivity contribution is 7.15. The topological polar surface area (TPSA) is 37.3 Å². The van der Waals surface area contributed by atoms with Gasteiger partial charge in [0.1, 0.15) is 5.82 Å². The third kappa shape index (κ3) is 2.24. The number of benzene rings is 1. The molecule has 0 aliphatic heterocycles. The van der Waals surface area contributed by atoms with E-state index in [0.717, 1.165) is 6.07 Å². The maximum atomic E-state index is 13.2. The zero-order chi connectivity index (χ0) is 13.3. The summed E-state index contributed by atoms with van der Waals surface area (Å²) in [7, 11) is 0. The number of hydrogen-bond donors (Lipinski definition) is 1. The van der Waals surface area contributed by atoms with E-state index in [9.17, 15) is 18.0 Å². The number of rotatable bonds is 3. The molecule has 0 aliphatic rings. The molecule has 1 N–H and O–H groups in total. The first-order valence-electron chi connectivity index (χ1n) is 4.88. The van der Waals surface area contributed by atoms with Gasteiger partial charge < -0.3 is 5.11 Å². The Balaban J connectivity index is 2.37. The fourth-order valence-electron chi connectivity index (χ4n) is 1.38. The summed E-state index contributed by atoms with van der Waals surface area (Å²) < 4.78 is 39.2. The van der Waals surface area contributed by atoms with Gasteiger partial charge in [-0.15, -0.1) is 11.3 Å². The highest BCUT2D eigenvalue weighted by atomic mass is 32.1. The van der Waals surface area contributed by atoms with Gasteiger partial charge in [-0.2, -0.15) is 8.78 Å². The van der Waals surface area contributed by atoms with E-state index in [1.807, 2.05) is 0 Å². The monoisotopic (exact) mass is 272 g/mol. The molecule has 0 amide bonds. The minimum Gasteiger partial charge on any atom is -0.477 e. The van der Waals surface area contributed by atoms with Crippen LogP contribution in [0.25, 0.3) is 10.4 Å². The third-order valence-electron chi connectivity index (χ3n) is 2.31. The number of hydrogen-bond acceptors (Lipinski definition) is 2. The van der Waals surface area contributed by atoms with Crippen LogP contribution in [0.3, 0.4) is 0 Å². The minimum absolute atomic E-state index is 0.425. The van der Waals surface area contributed by atoms with Gasteiger partial charge in [0.05, 0.1) is 4.88 Å². The second-order valence-electron chi connectivity index (χ2n) is 3.55. The van der Waals surface area contributed by atoms with Crippen molar-refractivity contribution in [2.75, 3.05) is 0 Å². The number of halogens is 3. The highest BCUT2D eigenvalue weighted by Gasteiger charge is 2.42. The average molecular weight is 272 g/mol. The van der Waals surface area contributed by atoms with Crippen LogP contribution in [0.2, 0.25) is 0 Å². The summed E-state index contributed by atoms with van der Waals surface area (Å²) in [4.78, 5) is 10.3. The van der Waals surface area contributed by atoms with Crippen LogP contribution in [-0.4, -0.2) is 11.1 Å². The molecule has 2 aromatic rings. The molecule has 18 heavy (non-hydrogen) atoms. The van der Waals surface area contributed by atoms with E-state index < -0.39 is 22.6 Å². The molecule has 2 rings (SSSR count). The number of carboxylic acids is 1. The van der Waals surface area contributed by atoms with Gasteiger partial charge in [0, 0.05) is 4.88 Å². The predicted molar refractivity (Wildman–Crippen MR) is 61.2 cm³/mol. The summed E-state index contributed by atoms with van der Waals surface area (Å²) in [5.41, 5.74) is 0.564. The molecule has 0 fully saturated rings. The van der Waals surface area contributed by atoms with Crippen molar-refractivity contribution in [3.63, 3.8) is 0 Å². The van der Waals surface area contributed by atoms with E-state index in [0.29, 0.717) is 21.8 Å². The molecule has 0 bridgehead atoms. The smallest absolute Gasteiger partial charge is 0.380 e. The Hall–Kier alpha value is -1.82. The van der Waals surface area contributed by atoms with Crippen molar-refractivity contribution in [3.05, 3.63) is 47.1 Å². The molecule has 6 heteroatoms. The first kappa shape index (κ1) is 12.6. The number of thiophene rings is 1. The Labute approximate surface area is 104 Å². The molecule has 2 nitrogen and oxygen atoms in total. The predicted octanol–water partition coefficient (Wildman–Crippen LogP) is 3.73. The van der Waals surface area contributed by atoms with Crippen molar-refractivity contribution in [1.82, 2.24) is 0 Å². The maximum Gasteiger partial charge on any atom is 0.380 e. The fraction of sp³-hybridized carbons (Fsp3) is 0.0833. The molecule has 0 aliphatic carbocycles. The van der Waals surface area contributed by atoms with Crippen LogP contribution in [0.15, 0.2) is 36.4 Å². The fourth-order valence-corrected chi connectivity index (χ4v) is 2.36. The van der Waals surface area contributed by atoms with E-state index in [1.165, 1.54) is 30.3 Å². The Kier molecular flexibility index (Phi) is 3.13. The van der Waals surface area contributed by atoms with Crippen LogP contribution in [0.4, 0.5) is 13.2 Å². The SMILES string of the molecule is O=C(O)C(F)(F)c1ccc(-c2ccc(F)cc2)s1. The summed E-state index contributed by atoms with van der Waals surface area (Å²) in [5, 5.41) is 8.42. The van der Waals surface area contributed by atoms with Gasteiger partial charge in [-0.25, -0.2) is 9.18 Å². The van der Waals surface area contributed by atoms with E-state index in [-0.39, 0.29) is 0 Å². The normalized spacial score (nSPS) is 11.5. The summed E-state index contributed by atoms with van der Waals surface area (Å²) in [5.74, 6) is -6.51. The number of carbonyl (C=O) groups is 1. The van der Waals surface area contributed by atoms with E-state index in [2.05, 4.69) is 0 Å². The maximum absolute atomic E-state index is 13.2. The third-order valence-corrected chi connectivity index (χ3v) is 3.52. The van der Waals surface area contributed by atoms with Gasteiger partial charge in [0.2, 0.25) is 0 Å². The van der Waals surface area contributed by atoms with Crippen molar-refractivity contribution in [1.29, 1.82) is 0 Å². The molecule has 1 aromatic heterocycles. The molecule has 1 aromatic carbocycles. The molecule has 94 valence electrons. The molecular formula is C12H7F3O2S. The lowest BCUT2D eigenvalue weighted by molar-refractivity contribution is -0.165. The van der Waals surface area contributed by atoms with Gasteiger partial charge in [-0.1, -0.05) is 12.1 Å². The van der Waals surface area contributed by atoms with Crippen molar-refractivity contribution < 1.29 is 23.1 Å². The quantitative estimate of drug-likeness (QED) is 0.924. The molecule has 0 unspecified atom stereocenters. The van der Waals surface area contributed by atoms with Gasteiger partial charge >= 0.3 is 11.9 Å². The van der Waals surface area contributed by atoms with Gasteiger partial charge in [-0.05, 0) is 29.8 Å². The Morgan fingerprint density at radius 3 is 2.28 bits per heavy atom. The van der Waals surface area contributed by atoms with Crippen LogP contribution in [0.1, 0.15) is 4.88 Å². The minimum atomic E-state index is -3.90. The lowest BCUT2D eigenvalue weighted by Crippen LogP contribution is -2.23. The molecule has 0 spiro atoms. The van der Waals surface area contributed by atoms with Crippen LogP contribution in [0.5, 0.6) is 0 Å². The van der Waals surface area contributed by atoms with Crippen LogP contribution >= 0.6 is 11.3 Å². The van der Waals surface area contributed by atoms with Crippen molar-refractivity contribution in [3.8, 4) is 10.4 Å². The Bertz CT molecular complexity index is 575. The first-order valence-corrected chi connectivity index (χ1v) is 5.70. The Morgan fingerprint density at radius 2 is 1.72 bits per heavy atom. The Morgan fingerprint density at radius 1 is 1.11 bits per heavy atom. The van der Waals surface area contributed by atoms with Crippen LogP contribution in [-0.2, 0) is 10.7 Å². The standard InChI is InChI=1S/C12H7F3O2S/c13-8-3-1-7(2-4-8)9-5-6-10(18-9)12(14,15)11(16)17/h1-6H,(H,16,17). The molecular weight excluding hydrogens is 265 g/mol. The van der Waals surface area contributed by atoms with Crippen molar-refractivity contribution in [2.24, 2.45) is 0 Å². The molecule has 0 saturated carbocycles. The lowest BCUT2D eigenvalue weighted by atomic mass is 10.2. The number of aliphatic carboxylic acids is 1. The second kappa shape index (κ2) is 4.45. The second-order valence-corrected chi connectivity index (χ2v) is 4.63. The van der Waals surface area contributed by atoms with Gasteiger partial charge in [0.25, 0.3) is 0 Å². The molecule has 0 radical (unpaired) electrons. The van der Waals surface area contributed by atoms with E-state index >= 15 is 0 Å². The summed E-state index contributed by atoms with van der Waals surface area (Å²) in [6.45, 7) is 0. The van der Waals surface area contributed by atoms with E-state index in [4.69, 9.17) is 5.11 Å². The molecule has 0 saturated heterocycles. The van der Waals surface area contributed by atoms with Crippen molar-refractivity contribution >= 4 is 17.3 Å². The number of carboxylic acid groups (broad SMARTS) is 1. The van der Waals surface area contributed by atoms with Crippen molar-refractivity contribution in [2.45, 2.75) is 5.92 Å². The van der Waals surface area contributed by atoms with Crippen LogP contribution in [0, 0.1) is 5.82 Å². The van der Waals surface area contributed by atoms with Gasteiger partial charge in [0.15, 0.2) is 0 Å². The number of alkyl halides is 2. The summed E-state index contributed by atoms with van der Waals surface area (Å²) >= 11 is 0.674. The molecule has 1 heterocycles. The van der Waals surface area contributed by atoms with Crippen LogP contribution < -0.4 is 0 Å². The molecule has 0 atom stereocenters. The zero-order valence-corrected chi connectivity index (χ0v) is 9.68. The largest absolute Gasteiger partial charge is 0.477 e. The highest BCUT2D eigenvalue weighted by Crippen LogP contribution is 2.37.